The maximum atomic E-state index is 6.38. The number of benzene rings is 1. The van der Waals surface area contributed by atoms with Crippen LogP contribution in [0.25, 0.3) is 0 Å². The van der Waals surface area contributed by atoms with Crippen molar-refractivity contribution in [3.05, 3.63) is 33.8 Å². The van der Waals surface area contributed by atoms with E-state index in [9.17, 15) is 0 Å². The van der Waals surface area contributed by atoms with Gasteiger partial charge in [-0.05, 0) is 52.3 Å². The van der Waals surface area contributed by atoms with Crippen LogP contribution in [0.5, 0.6) is 0 Å². The molecule has 1 aliphatic rings. The van der Waals surface area contributed by atoms with Gasteiger partial charge in [-0.1, -0.05) is 29.3 Å². The molecule has 0 bridgehead atoms. The van der Waals surface area contributed by atoms with E-state index in [0.29, 0.717) is 10.0 Å². The third-order valence-corrected chi connectivity index (χ3v) is 4.49. The summed E-state index contributed by atoms with van der Waals surface area (Å²) in [6.07, 6.45) is 2.13. The van der Waals surface area contributed by atoms with Crippen molar-refractivity contribution in [2.75, 3.05) is 6.54 Å². The number of hydrogen-bond acceptors (Lipinski definition) is 2. The summed E-state index contributed by atoms with van der Waals surface area (Å²) in [7, 11) is 0. The average Bonchev–Trinajstić information content (AvgIpc) is 2.29. The molecule has 1 aromatic carbocycles. The number of halogens is 2. The van der Waals surface area contributed by atoms with Gasteiger partial charge in [0.25, 0.3) is 0 Å². The Labute approximate surface area is 125 Å². The van der Waals surface area contributed by atoms with E-state index in [0.717, 1.165) is 24.9 Å². The van der Waals surface area contributed by atoms with Gasteiger partial charge in [0.2, 0.25) is 0 Å². The van der Waals surface area contributed by atoms with E-state index in [1.165, 1.54) is 0 Å². The predicted molar refractivity (Wildman–Crippen MR) is 82.9 cm³/mol. The molecule has 1 heterocycles. The van der Waals surface area contributed by atoms with Crippen LogP contribution in [0.15, 0.2) is 18.2 Å². The van der Waals surface area contributed by atoms with E-state index < -0.39 is 0 Å². The quantitative estimate of drug-likeness (QED) is 0.840. The lowest BCUT2D eigenvalue weighted by Crippen LogP contribution is -2.53. The van der Waals surface area contributed by atoms with Crippen molar-refractivity contribution in [2.24, 2.45) is 5.73 Å². The zero-order chi connectivity index (χ0) is 14.2. The molecule has 2 unspecified atom stereocenters. The molecule has 2 N–H and O–H groups in total. The molecule has 1 aromatic rings. The van der Waals surface area contributed by atoms with Crippen molar-refractivity contribution in [1.82, 2.24) is 4.90 Å². The lowest BCUT2D eigenvalue weighted by molar-refractivity contribution is 0.0385. The minimum absolute atomic E-state index is 0.0468. The number of hydrogen-bond donors (Lipinski definition) is 1. The Morgan fingerprint density at radius 1 is 1.21 bits per heavy atom. The second-order valence-corrected chi connectivity index (χ2v) is 7.06. The molecule has 19 heavy (non-hydrogen) atoms. The maximum Gasteiger partial charge on any atom is 0.0533 e. The second kappa shape index (κ2) is 5.61. The highest BCUT2D eigenvalue weighted by Crippen LogP contribution is 2.41. The van der Waals surface area contributed by atoms with Crippen molar-refractivity contribution in [2.45, 2.75) is 51.2 Å². The van der Waals surface area contributed by atoms with Crippen molar-refractivity contribution < 1.29 is 0 Å². The normalized spacial score (nSPS) is 25.6. The van der Waals surface area contributed by atoms with Gasteiger partial charge in [0, 0.05) is 27.2 Å². The summed E-state index contributed by atoms with van der Waals surface area (Å²) in [6, 6.07) is 5.83. The Kier molecular flexibility index (Phi) is 4.46. The smallest absolute Gasteiger partial charge is 0.0533 e. The average molecular weight is 301 g/mol. The number of nitrogens with two attached hydrogens (primary N) is 1. The molecule has 1 aliphatic heterocycles. The summed E-state index contributed by atoms with van der Waals surface area (Å²) < 4.78 is 0. The fourth-order valence-electron chi connectivity index (χ4n) is 2.94. The minimum Gasteiger partial charge on any atom is -0.326 e. The molecule has 0 aromatic heterocycles. The van der Waals surface area contributed by atoms with E-state index in [2.05, 4.69) is 25.7 Å². The third-order valence-electron chi connectivity index (χ3n) is 3.83. The summed E-state index contributed by atoms with van der Waals surface area (Å²) in [5.74, 6) is 0. The molecule has 2 rings (SSSR count). The Morgan fingerprint density at radius 3 is 2.32 bits per heavy atom. The van der Waals surface area contributed by atoms with Crippen LogP contribution in [-0.2, 0) is 0 Å². The largest absolute Gasteiger partial charge is 0.326 e. The summed E-state index contributed by atoms with van der Waals surface area (Å²) >= 11 is 12.8. The van der Waals surface area contributed by atoms with E-state index in [1.54, 1.807) is 0 Å². The SMILES string of the molecule is CC(C)(C)N1CCCC(N)C1c1c(Cl)cccc1Cl. The van der Waals surface area contributed by atoms with Crippen LogP contribution < -0.4 is 5.73 Å². The molecule has 0 spiro atoms. The Bertz CT molecular complexity index is 434. The molecule has 2 nitrogen and oxygen atoms in total. The van der Waals surface area contributed by atoms with Gasteiger partial charge in [0.05, 0.1) is 6.04 Å². The topological polar surface area (TPSA) is 29.3 Å². The van der Waals surface area contributed by atoms with Gasteiger partial charge in [0.1, 0.15) is 0 Å². The molecular weight excluding hydrogens is 279 g/mol. The molecule has 1 saturated heterocycles. The van der Waals surface area contributed by atoms with Gasteiger partial charge >= 0.3 is 0 Å². The number of rotatable bonds is 1. The van der Waals surface area contributed by atoms with Gasteiger partial charge < -0.3 is 5.73 Å². The molecule has 0 radical (unpaired) electrons. The third kappa shape index (κ3) is 3.08. The zero-order valence-electron chi connectivity index (χ0n) is 11.8. The van der Waals surface area contributed by atoms with Crippen LogP contribution in [0.1, 0.15) is 45.2 Å². The van der Waals surface area contributed by atoms with Crippen LogP contribution in [0.3, 0.4) is 0 Å². The highest BCUT2D eigenvalue weighted by molar-refractivity contribution is 6.36. The van der Waals surface area contributed by atoms with Crippen LogP contribution in [0.2, 0.25) is 10.0 Å². The highest BCUT2D eigenvalue weighted by Gasteiger charge is 2.38. The predicted octanol–water partition coefficient (Wildman–Crippen LogP) is 4.26. The van der Waals surface area contributed by atoms with Crippen molar-refractivity contribution in [3.8, 4) is 0 Å². The lowest BCUT2D eigenvalue weighted by Gasteiger charge is -2.48. The molecule has 4 heteroatoms. The second-order valence-electron chi connectivity index (χ2n) is 6.25. The van der Waals surface area contributed by atoms with Crippen molar-refractivity contribution >= 4 is 23.2 Å². The minimum atomic E-state index is 0.0468. The van der Waals surface area contributed by atoms with Gasteiger partial charge in [0.15, 0.2) is 0 Å². The van der Waals surface area contributed by atoms with Crippen molar-refractivity contribution in [3.63, 3.8) is 0 Å². The molecule has 2 atom stereocenters. The monoisotopic (exact) mass is 300 g/mol. The Balaban J connectivity index is 2.48. The molecule has 0 amide bonds. The van der Waals surface area contributed by atoms with Gasteiger partial charge in [-0.2, -0.15) is 0 Å². The Hall–Kier alpha value is -0.280. The van der Waals surface area contributed by atoms with E-state index in [-0.39, 0.29) is 17.6 Å². The highest BCUT2D eigenvalue weighted by atomic mass is 35.5. The summed E-state index contributed by atoms with van der Waals surface area (Å²) in [5.41, 5.74) is 7.40. The first-order chi connectivity index (χ1) is 8.82. The molecule has 106 valence electrons. The number of likely N-dealkylation sites (tertiary alicyclic amines) is 1. The van der Waals surface area contributed by atoms with E-state index in [1.807, 2.05) is 18.2 Å². The fourth-order valence-corrected chi connectivity index (χ4v) is 3.56. The summed E-state index contributed by atoms with van der Waals surface area (Å²) in [5, 5.41) is 1.42. The van der Waals surface area contributed by atoms with Crippen molar-refractivity contribution in [1.29, 1.82) is 0 Å². The van der Waals surface area contributed by atoms with Gasteiger partial charge in [-0.3, -0.25) is 4.90 Å². The lowest BCUT2D eigenvalue weighted by atomic mass is 9.87. The maximum absolute atomic E-state index is 6.38. The summed E-state index contributed by atoms with van der Waals surface area (Å²) in [6.45, 7) is 7.66. The van der Waals surface area contributed by atoms with Crippen LogP contribution in [-0.4, -0.2) is 23.0 Å². The summed E-state index contributed by atoms with van der Waals surface area (Å²) in [4.78, 5) is 2.42. The zero-order valence-corrected chi connectivity index (χ0v) is 13.3. The molecular formula is C15H22Cl2N2. The molecule has 0 saturated carbocycles. The first kappa shape index (κ1) is 15.1. The van der Waals surface area contributed by atoms with Crippen LogP contribution in [0, 0.1) is 0 Å². The Morgan fingerprint density at radius 2 is 1.79 bits per heavy atom. The fraction of sp³-hybridized carbons (Fsp3) is 0.600. The first-order valence-corrected chi connectivity index (χ1v) is 7.54. The number of nitrogens with zero attached hydrogens (tertiary/aromatic N) is 1. The van der Waals surface area contributed by atoms with Crippen LogP contribution >= 0.6 is 23.2 Å². The molecule has 1 fully saturated rings. The standard InChI is InChI=1S/C15H22Cl2N2/c1-15(2,3)19-9-5-8-12(18)14(19)13-10(16)6-4-7-11(13)17/h4,6-7,12,14H,5,8-9,18H2,1-3H3. The van der Waals surface area contributed by atoms with Gasteiger partial charge in [-0.25, -0.2) is 0 Å². The van der Waals surface area contributed by atoms with E-state index in [4.69, 9.17) is 28.9 Å². The first-order valence-electron chi connectivity index (χ1n) is 6.78. The van der Waals surface area contributed by atoms with Crippen LogP contribution in [0.4, 0.5) is 0 Å². The van der Waals surface area contributed by atoms with Gasteiger partial charge in [-0.15, -0.1) is 0 Å². The number of piperidine rings is 1. The molecule has 0 aliphatic carbocycles. The van der Waals surface area contributed by atoms with E-state index >= 15 is 0 Å².